The second-order valence-corrected chi connectivity index (χ2v) is 2.97. The summed E-state index contributed by atoms with van der Waals surface area (Å²) in [6, 6.07) is 5.10. The quantitative estimate of drug-likeness (QED) is 0.606. The van der Waals surface area contributed by atoms with Gasteiger partial charge in [0.1, 0.15) is 11.5 Å². The fourth-order valence-electron chi connectivity index (χ4n) is 1.41. The van der Waals surface area contributed by atoms with Crippen LogP contribution in [0.15, 0.2) is 18.2 Å². The molecule has 0 amide bonds. The largest absolute Gasteiger partial charge is 0.508 e. The van der Waals surface area contributed by atoms with Crippen molar-refractivity contribution in [1.29, 1.82) is 0 Å². The minimum atomic E-state index is 0.0503. The number of ether oxygens (including phenoxy) is 1. The summed E-state index contributed by atoms with van der Waals surface area (Å²) in [6.45, 7) is 0.637. The third kappa shape index (κ3) is 1.12. The molecule has 0 bridgehead atoms. The van der Waals surface area contributed by atoms with Crippen LogP contribution in [0.4, 0.5) is 0 Å². The number of rotatable bonds is 0. The van der Waals surface area contributed by atoms with Crippen LogP contribution in [0.25, 0.3) is 0 Å². The summed E-state index contributed by atoms with van der Waals surface area (Å²) < 4.78 is 5.33. The Bertz CT molecular complexity index is 299. The molecule has 0 saturated carbocycles. The highest BCUT2D eigenvalue weighted by molar-refractivity contribution is 5.42. The fraction of sp³-hybridized carbons (Fsp3) is 0.333. The molecule has 3 nitrogen and oxygen atoms in total. The van der Waals surface area contributed by atoms with Gasteiger partial charge in [0.25, 0.3) is 0 Å². The molecule has 12 heavy (non-hydrogen) atoms. The van der Waals surface area contributed by atoms with Gasteiger partial charge >= 0.3 is 0 Å². The van der Waals surface area contributed by atoms with Gasteiger partial charge < -0.3 is 15.6 Å². The van der Waals surface area contributed by atoms with E-state index in [4.69, 9.17) is 15.6 Å². The Hall–Kier alpha value is -1.22. The van der Waals surface area contributed by atoms with Gasteiger partial charge in [-0.3, -0.25) is 0 Å². The van der Waals surface area contributed by atoms with Crippen LogP contribution in [0.3, 0.4) is 0 Å². The van der Waals surface area contributed by atoms with Crippen molar-refractivity contribution in [3.05, 3.63) is 23.8 Å². The van der Waals surface area contributed by atoms with Crippen molar-refractivity contribution >= 4 is 0 Å². The first-order valence-corrected chi connectivity index (χ1v) is 3.98. The third-order valence-electron chi connectivity index (χ3n) is 2.08. The maximum absolute atomic E-state index is 9.15. The van der Waals surface area contributed by atoms with Crippen molar-refractivity contribution in [3.8, 4) is 11.5 Å². The summed E-state index contributed by atoms with van der Waals surface area (Å²) in [5.41, 5.74) is 6.82. The summed E-state index contributed by atoms with van der Waals surface area (Å²) in [6.07, 6.45) is 0.845. The highest BCUT2D eigenvalue weighted by Gasteiger charge is 2.17. The van der Waals surface area contributed by atoms with E-state index in [1.54, 1.807) is 12.1 Å². The van der Waals surface area contributed by atoms with Gasteiger partial charge in [-0.25, -0.2) is 0 Å². The van der Waals surface area contributed by atoms with Crippen molar-refractivity contribution in [1.82, 2.24) is 0 Å². The normalized spacial score (nSPS) is 21.2. The van der Waals surface area contributed by atoms with E-state index in [1.165, 1.54) is 0 Å². The number of hydrogen-bond donors (Lipinski definition) is 2. The lowest BCUT2D eigenvalue weighted by Gasteiger charge is -2.22. The number of benzene rings is 1. The van der Waals surface area contributed by atoms with E-state index in [1.807, 2.05) is 6.07 Å². The van der Waals surface area contributed by atoms with E-state index in [0.717, 1.165) is 12.0 Å². The number of phenols is 1. The second kappa shape index (κ2) is 2.68. The van der Waals surface area contributed by atoms with Crippen LogP contribution >= 0.6 is 0 Å². The lowest BCUT2D eigenvalue weighted by atomic mass is 10.0. The first-order valence-electron chi connectivity index (χ1n) is 3.98. The molecule has 2 rings (SSSR count). The molecule has 3 N–H and O–H groups in total. The number of fused-ring (bicyclic) bond motifs is 1. The van der Waals surface area contributed by atoms with Crippen LogP contribution in [-0.4, -0.2) is 11.7 Å². The molecule has 0 saturated heterocycles. The van der Waals surface area contributed by atoms with Gasteiger partial charge in [0.15, 0.2) is 0 Å². The first kappa shape index (κ1) is 7.43. The standard InChI is InChI=1S/C9H11NO2/c10-8-3-4-12-9-5-6(11)1-2-7(8)9/h1-2,5,8,11H,3-4,10H2/t8-/m1/s1. The summed E-state index contributed by atoms with van der Waals surface area (Å²) in [7, 11) is 0. The Kier molecular flexibility index (Phi) is 1.66. The van der Waals surface area contributed by atoms with Crippen molar-refractivity contribution in [2.24, 2.45) is 5.73 Å². The van der Waals surface area contributed by atoms with Gasteiger partial charge in [-0.1, -0.05) is 6.07 Å². The van der Waals surface area contributed by atoms with E-state index in [2.05, 4.69) is 0 Å². The molecule has 0 radical (unpaired) electrons. The van der Waals surface area contributed by atoms with Crippen LogP contribution in [0.5, 0.6) is 11.5 Å². The lowest BCUT2D eigenvalue weighted by molar-refractivity contribution is 0.267. The Morgan fingerprint density at radius 1 is 1.50 bits per heavy atom. The molecule has 1 aromatic rings. The summed E-state index contributed by atoms with van der Waals surface area (Å²) >= 11 is 0. The van der Waals surface area contributed by atoms with Crippen LogP contribution < -0.4 is 10.5 Å². The van der Waals surface area contributed by atoms with E-state index in [9.17, 15) is 0 Å². The molecule has 1 heterocycles. The van der Waals surface area contributed by atoms with Crippen molar-refractivity contribution in [3.63, 3.8) is 0 Å². The Balaban J connectivity index is 2.46. The number of nitrogens with two attached hydrogens (primary N) is 1. The van der Waals surface area contributed by atoms with Gasteiger partial charge in [-0.2, -0.15) is 0 Å². The topological polar surface area (TPSA) is 55.5 Å². The molecule has 3 heteroatoms. The first-order chi connectivity index (χ1) is 5.77. The highest BCUT2D eigenvalue weighted by atomic mass is 16.5. The van der Waals surface area contributed by atoms with Gasteiger partial charge in [0, 0.05) is 24.1 Å². The van der Waals surface area contributed by atoms with Gasteiger partial charge in [0.2, 0.25) is 0 Å². The van der Waals surface area contributed by atoms with Crippen molar-refractivity contribution in [2.75, 3.05) is 6.61 Å². The second-order valence-electron chi connectivity index (χ2n) is 2.97. The summed E-state index contributed by atoms with van der Waals surface area (Å²) in [4.78, 5) is 0. The van der Waals surface area contributed by atoms with E-state index in [-0.39, 0.29) is 11.8 Å². The molecular weight excluding hydrogens is 154 g/mol. The van der Waals surface area contributed by atoms with Crippen LogP contribution in [0, 0.1) is 0 Å². The molecular formula is C9H11NO2. The molecule has 1 atom stereocenters. The van der Waals surface area contributed by atoms with Gasteiger partial charge in [-0.15, -0.1) is 0 Å². The third-order valence-corrected chi connectivity index (χ3v) is 2.08. The molecule has 0 unspecified atom stereocenters. The minimum absolute atomic E-state index is 0.0503. The average molecular weight is 165 g/mol. The molecule has 1 aromatic carbocycles. The Labute approximate surface area is 70.8 Å². The Morgan fingerprint density at radius 2 is 2.33 bits per heavy atom. The SMILES string of the molecule is N[C@@H]1CCOc2cc(O)ccc21. The van der Waals surface area contributed by atoms with Crippen molar-refractivity contribution < 1.29 is 9.84 Å². The average Bonchev–Trinajstić information content (AvgIpc) is 2.04. The predicted octanol–water partition coefficient (Wildman–Crippen LogP) is 1.17. The van der Waals surface area contributed by atoms with Gasteiger partial charge in [-0.05, 0) is 6.07 Å². The summed E-state index contributed by atoms with van der Waals surface area (Å²) in [5, 5.41) is 9.15. The number of aromatic hydroxyl groups is 1. The monoisotopic (exact) mass is 165 g/mol. The zero-order chi connectivity index (χ0) is 8.55. The van der Waals surface area contributed by atoms with Crippen LogP contribution in [-0.2, 0) is 0 Å². The summed E-state index contributed by atoms with van der Waals surface area (Å²) in [5.74, 6) is 0.941. The van der Waals surface area contributed by atoms with Gasteiger partial charge in [0.05, 0.1) is 6.61 Å². The fourth-order valence-corrected chi connectivity index (χ4v) is 1.41. The lowest BCUT2D eigenvalue weighted by Crippen LogP contribution is -2.20. The highest BCUT2D eigenvalue weighted by Crippen LogP contribution is 2.32. The molecule has 64 valence electrons. The van der Waals surface area contributed by atoms with Crippen LogP contribution in [0.2, 0.25) is 0 Å². The molecule has 0 aliphatic carbocycles. The molecule has 0 aromatic heterocycles. The maximum Gasteiger partial charge on any atom is 0.127 e. The molecule has 1 aliphatic rings. The Morgan fingerprint density at radius 3 is 3.17 bits per heavy atom. The zero-order valence-corrected chi connectivity index (χ0v) is 6.66. The molecule has 0 spiro atoms. The molecule has 0 fully saturated rings. The van der Waals surface area contributed by atoms with E-state index < -0.39 is 0 Å². The maximum atomic E-state index is 9.15. The number of hydrogen-bond acceptors (Lipinski definition) is 3. The van der Waals surface area contributed by atoms with Crippen LogP contribution in [0.1, 0.15) is 18.0 Å². The number of phenolic OH excluding ortho intramolecular Hbond substituents is 1. The van der Waals surface area contributed by atoms with E-state index >= 15 is 0 Å². The smallest absolute Gasteiger partial charge is 0.127 e. The zero-order valence-electron chi connectivity index (χ0n) is 6.66. The predicted molar refractivity (Wildman–Crippen MR) is 45.1 cm³/mol. The van der Waals surface area contributed by atoms with Crippen molar-refractivity contribution in [2.45, 2.75) is 12.5 Å². The minimum Gasteiger partial charge on any atom is -0.508 e. The molecule has 1 aliphatic heterocycles. The van der Waals surface area contributed by atoms with E-state index in [0.29, 0.717) is 12.4 Å².